The molecule has 34 heavy (non-hydrogen) atoms. The number of methoxy groups -OCH3 is 1. The number of hydrogen-bond donors (Lipinski definition) is 0. The van der Waals surface area contributed by atoms with Crippen molar-refractivity contribution in [2.45, 2.75) is 18.9 Å². The first-order chi connectivity index (χ1) is 16.5. The van der Waals surface area contributed by atoms with Crippen molar-refractivity contribution in [3.63, 3.8) is 0 Å². The van der Waals surface area contributed by atoms with Gasteiger partial charge in [0.15, 0.2) is 6.73 Å². The Hall–Kier alpha value is -3.35. The van der Waals surface area contributed by atoms with Crippen LogP contribution in [0.3, 0.4) is 0 Å². The number of hydrogen-bond acceptors (Lipinski definition) is 10. The predicted octanol–water partition coefficient (Wildman–Crippen LogP) is 0.591. The lowest BCUT2D eigenvalue weighted by atomic mass is 10.0. The third-order valence-corrected chi connectivity index (χ3v) is 5.18. The van der Waals surface area contributed by atoms with Crippen LogP contribution in [-0.2, 0) is 33.3 Å². The summed E-state index contributed by atoms with van der Waals surface area (Å²) in [5.74, 6) is -2.58. The van der Waals surface area contributed by atoms with E-state index in [0.29, 0.717) is 31.3 Å². The highest BCUT2D eigenvalue weighted by Gasteiger charge is 2.47. The number of ether oxygens (including phenoxy) is 5. The van der Waals surface area contributed by atoms with Crippen molar-refractivity contribution in [2.24, 2.45) is 0 Å². The molecule has 2 aliphatic heterocycles. The van der Waals surface area contributed by atoms with Crippen LogP contribution >= 0.6 is 0 Å². The number of nitrogens with zero attached hydrogens (tertiary/aromatic N) is 2. The molecule has 2 heterocycles. The number of benzene rings is 1. The van der Waals surface area contributed by atoms with Gasteiger partial charge in [0.1, 0.15) is 12.6 Å². The lowest BCUT2D eigenvalue weighted by Gasteiger charge is -2.33. The van der Waals surface area contributed by atoms with Gasteiger partial charge >= 0.3 is 6.16 Å². The first kappa shape index (κ1) is 25.3. The molecule has 1 aromatic carbocycles. The molecule has 0 aromatic heterocycles. The van der Waals surface area contributed by atoms with E-state index in [1.54, 1.807) is 19.2 Å². The van der Waals surface area contributed by atoms with E-state index in [9.17, 15) is 24.0 Å². The van der Waals surface area contributed by atoms with E-state index in [2.05, 4.69) is 0 Å². The normalized spacial score (nSPS) is 17.9. The van der Waals surface area contributed by atoms with E-state index in [-0.39, 0.29) is 37.2 Å². The van der Waals surface area contributed by atoms with E-state index >= 15 is 0 Å². The van der Waals surface area contributed by atoms with Gasteiger partial charge in [-0.1, -0.05) is 12.1 Å². The average molecular weight is 478 g/mol. The predicted molar refractivity (Wildman–Crippen MR) is 113 cm³/mol. The first-order valence-corrected chi connectivity index (χ1v) is 10.7. The topological polar surface area (TPSA) is 138 Å². The second-order valence-electron chi connectivity index (χ2n) is 7.33. The lowest BCUT2D eigenvalue weighted by Crippen LogP contribution is -2.56. The van der Waals surface area contributed by atoms with Crippen molar-refractivity contribution in [2.75, 3.05) is 53.5 Å². The van der Waals surface area contributed by atoms with Gasteiger partial charge in [-0.05, 0) is 18.6 Å². The van der Waals surface area contributed by atoms with Gasteiger partial charge in [-0.15, -0.1) is 0 Å². The third kappa shape index (κ3) is 5.95. The number of imide groups is 2. The summed E-state index contributed by atoms with van der Waals surface area (Å²) in [6.07, 6.45) is -1.19. The van der Waals surface area contributed by atoms with Gasteiger partial charge in [-0.25, -0.2) is 9.69 Å². The molecule has 1 saturated heterocycles. The smallest absolute Gasteiger partial charge is 0.432 e. The summed E-state index contributed by atoms with van der Waals surface area (Å²) in [6, 6.07) is 5.08. The summed E-state index contributed by atoms with van der Waals surface area (Å²) in [4.78, 5) is 63.8. The summed E-state index contributed by atoms with van der Waals surface area (Å²) in [5, 5.41) is 0. The van der Waals surface area contributed by atoms with Crippen LogP contribution in [-0.4, -0.2) is 99.1 Å². The summed E-state index contributed by atoms with van der Waals surface area (Å²) in [6.45, 7) is 0.910. The molecule has 0 bridgehead atoms. The Kier molecular flexibility index (Phi) is 9.08. The van der Waals surface area contributed by atoms with Crippen LogP contribution in [0.15, 0.2) is 24.3 Å². The highest BCUT2D eigenvalue weighted by atomic mass is 16.7. The quantitative estimate of drug-likeness (QED) is 0.238. The fourth-order valence-corrected chi connectivity index (χ4v) is 3.49. The Bertz CT molecular complexity index is 899. The molecule has 12 heteroatoms. The number of carbonyl (C=O) groups excluding carboxylic acids is 5. The van der Waals surface area contributed by atoms with Gasteiger partial charge < -0.3 is 23.7 Å². The van der Waals surface area contributed by atoms with Crippen molar-refractivity contribution in [3.8, 4) is 0 Å². The van der Waals surface area contributed by atoms with Crippen molar-refractivity contribution in [1.82, 2.24) is 9.80 Å². The minimum absolute atomic E-state index is 0.00337. The number of rotatable bonds is 12. The van der Waals surface area contributed by atoms with E-state index < -0.39 is 42.6 Å². The van der Waals surface area contributed by atoms with Crippen LogP contribution in [0.25, 0.3) is 0 Å². The monoisotopic (exact) mass is 478 g/mol. The van der Waals surface area contributed by atoms with E-state index in [1.165, 1.54) is 12.1 Å². The molecular weight excluding hydrogens is 452 g/mol. The number of likely N-dealkylation sites (tertiary alicyclic amines) is 1. The second kappa shape index (κ2) is 12.2. The molecule has 0 radical (unpaired) electrons. The zero-order valence-electron chi connectivity index (χ0n) is 18.7. The fourth-order valence-electron chi connectivity index (χ4n) is 3.49. The molecule has 184 valence electrons. The fraction of sp³-hybridized carbons (Fsp3) is 0.500. The van der Waals surface area contributed by atoms with Crippen LogP contribution in [0.4, 0.5) is 4.79 Å². The molecular formula is C22H26N2O10. The maximum absolute atomic E-state index is 12.9. The molecule has 0 N–H and O–H groups in total. The number of fused-ring (bicyclic) bond motifs is 1. The lowest BCUT2D eigenvalue weighted by molar-refractivity contribution is -0.156. The molecule has 1 atom stereocenters. The van der Waals surface area contributed by atoms with Crippen molar-refractivity contribution in [3.05, 3.63) is 35.4 Å². The molecule has 0 saturated carbocycles. The van der Waals surface area contributed by atoms with Crippen molar-refractivity contribution in [1.29, 1.82) is 0 Å². The Balaban J connectivity index is 1.43. The standard InChI is InChI=1S/C22H26N2O10/c1-30-8-9-31-10-11-32-12-13-33-22(29)34-14-23-18(25)7-6-17(21(23)28)24-19(26)15-4-2-3-5-16(15)20(24)27/h2-5,17H,6-14H2,1H3. The minimum Gasteiger partial charge on any atom is -0.432 e. The zero-order chi connectivity index (χ0) is 24.5. The van der Waals surface area contributed by atoms with Crippen molar-refractivity contribution < 1.29 is 47.7 Å². The van der Waals surface area contributed by atoms with Crippen LogP contribution in [0.1, 0.15) is 33.6 Å². The van der Waals surface area contributed by atoms with Gasteiger partial charge in [0.2, 0.25) is 5.91 Å². The second-order valence-corrected chi connectivity index (χ2v) is 7.33. The van der Waals surface area contributed by atoms with Gasteiger partial charge in [0, 0.05) is 13.5 Å². The Morgan fingerprint density at radius 2 is 1.47 bits per heavy atom. The average Bonchev–Trinajstić information content (AvgIpc) is 3.08. The van der Waals surface area contributed by atoms with E-state index in [1.807, 2.05) is 0 Å². The molecule has 0 aliphatic carbocycles. The van der Waals surface area contributed by atoms with Gasteiger partial charge in [-0.2, -0.15) is 0 Å². The molecule has 0 spiro atoms. The summed E-state index contributed by atoms with van der Waals surface area (Å²) >= 11 is 0. The number of amides is 4. The van der Waals surface area contributed by atoms with E-state index in [0.717, 1.165) is 4.90 Å². The van der Waals surface area contributed by atoms with Gasteiger partial charge in [0.25, 0.3) is 17.7 Å². The highest BCUT2D eigenvalue weighted by Crippen LogP contribution is 2.28. The van der Waals surface area contributed by atoms with Crippen LogP contribution in [0, 0.1) is 0 Å². The largest absolute Gasteiger partial charge is 0.510 e. The third-order valence-electron chi connectivity index (χ3n) is 5.18. The first-order valence-electron chi connectivity index (χ1n) is 10.7. The zero-order valence-corrected chi connectivity index (χ0v) is 18.7. The summed E-state index contributed by atoms with van der Waals surface area (Å²) < 4.78 is 25.0. The Morgan fingerprint density at radius 1 is 0.882 bits per heavy atom. The minimum atomic E-state index is -1.16. The maximum Gasteiger partial charge on any atom is 0.510 e. The molecule has 4 amide bonds. The van der Waals surface area contributed by atoms with Gasteiger partial charge in [0.05, 0.1) is 44.2 Å². The van der Waals surface area contributed by atoms with Crippen LogP contribution in [0.2, 0.25) is 0 Å². The number of carbonyl (C=O) groups is 5. The molecule has 2 aliphatic rings. The van der Waals surface area contributed by atoms with E-state index in [4.69, 9.17) is 23.7 Å². The maximum atomic E-state index is 12.9. The van der Waals surface area contributed by atoms with Crippen molar-refractivity contribution >= 4 is 29.8 Å². The Labute approximate surface area is 195 Å². The van der Waals surface area contributed by atoms with Crippen LogP contribution in [0.5, 0.6) is 0 Å². The number of piperidine rings is 1. The summed E-state index contributed by atoms with van der Waals surface area (Å²) in [5.41, 5.74) is 0.402. The molecule has 1 unspecified atom stereocenters. The molecule has 1 fully saturated rings. The van der Waals surface area contributed by atoms with Crippen LogP contribution < -0.4 is 0 Å². The van der Waals surface area contributed by atoms with Gasteiger partial charge in [-0.3, -0.25) is 24.1 Å². The summed E-state index contributed by atoms with van der Waals surface area (Å²) in [7, 11) is 1.57. The Morgan fingerprint density at radius 3 is 2.09 bits per heavy atom. The molecule has 12 nitrogen and oxygen atoms in total. The molecule has 1 aromatic rings. The highest BCUT2D eigenvalue weighted by molar-refractivity contribution is 6.23. The SMILES string of the molecule is COCCOCCOCCOC(=O)OCN1C(=O)CCC(N2C(=O)c3ccccc3C2=O)C1=O. The molecule has 3 rings (SSSR count).